The van der Waals surface area contributed by atoms with E-state index in [0.717, 1.165) is 45.3 Å². The molecule has 0 saturated carbocycles. The van der Waals surface area contributed by atoms with E-state index in [2.05, 4.69) is 29.6 Å². The number of primary amides is 1. The molecule has 21 heavy (non-hydrogen) atoms. The van der Waals surface area contributed by atoms with Gasteiger partial charge in [-0.1, -0.05) is 30.3 Å². The quantitative estimate of drug-likeness (QED) is 0.615. The molecule has 1 atom stereocenters. The first-order chi connectivity index (χ1) is 10.1. The topological polar surface area (TPSA) is 64.3 Å². The molecule has 4 heteroatoms. The first-order valence-corrected chi connectivity index (χ1v) is 7.69. The number of ether oxygens (including phenoxy) is 1. The molecule has 0 radical (unpaired) electrons. The van der Waals surface area contributed by atoms with Crippen LogP contribution in [-0.2, 0) is 16.0 Å². The zero-order chi connectivity index (χ0) is 15.6. The molecule has 0 saturated heterocycles. The van der Waals surface area contributed by atoms with E-state index >= 15 is 0 Å². The minimum atomic E-state index is -0.604. The lowest BCUT2D eigenvalue weighted by atomic mass is 9.94. The molecule has 1 rings (SSSR count). The number of carbonyl (C=O) groups excluding carboxylic acids is 1. The molecular weight excluding hydrogens is 264 g/mol. The average Bonchev–Trinajstić information content (AvgIpc) is 2.50. The summed E-state index contributed by atoms with van der Waals surface area (Å²) in [7, 11) is 1.77. The van der Waals surface area contributed by atoms with Crippen LogP contribution in [0.2, 0.25) is 0 Å². The largest absolute Gasteiger partial charge is 0.381 e. The molecule has 0 aliphatic carbocycles. The molecule has 0 fully saturated rings. The van der Waals surface area contributed by atoms with Gasteiger partial charge in [0.2, 0.25) is 5.91 Å². The van der Waals surface area contributed by atoms with E-state index in [-0.39, 0.29) is 5.91 Å². The van der Waals surface area contributed by atoms with Crippen molar-refractivity contribution in [3.63, 3.8) is 0 Å². The molecule has 3 N–H and O–H groups in total. The maximum Gasteiger partial charge on any atom is 0.237 e. The van der Waals surface area contributed by atoms with E-state index in [1.165, 1.54) is 5.56 Å². The maximum absolute atomic E-state index is 11.3. The molecule has 1 amide bonds. The van der Waals surface area contributed by atoms with Gasteiger partial charge in [-0.2, -0.15) is 0 Å². The molecule has 118 valence electrons. The summed E-state index contributed by atoms with van der Waals surface area (Å²) in [4.78, 5) is 11.3. The van der Waals surface area contributed by atoms with Gasteiger partial charge in [0.25, 0.3) is 0 Å². The number of likely N-dealkylation sites (N-methyl/N-ethyl adjacent to an activating group) is 1. The zero-order valence-corrected chi connectivity index (χ0v) is 13.2. The van der Waals surface area contributed by atoms with Gasteiger partial charge in [-0.25, -0.2) is 0 Å². The van der Waals surface area contributed by atoms with Crippen LogP contribution in [0, 0.1) is 0 Å². The highest BCUT2D eigenvalue weighted by molar-refractivity contribution is 5.84. The van der Waals surface area contributed by atoms with E-state index in [1.807, 2.05) is 13.0 Å². The lowest BCUT2D eigenvalue weighted by molar-refractivity contribution is -0.123. The summed E-state index contributed by atoms with van der Waals surface area (Å²) in [6.07, 6.45) is 4.72. The SMILES string of the molecule is CNC(C)(CCCCOCCCc1ccccc1)C(N)=O. The Bertz CT molecular complexity index is 409. The first kappa shape index (κ1) is 17.7. The predicted molar refractivity (Wildman–Crippen MR) is 86.1 cm³/mol. The molecule has 0 spiro atoms. The summed E-state index contributed by atoms with van der Waals surface area (Å²) in [6.45, 7) is 3.37. The number of carbonyl (C=O) groups is 1. The Hall–Kier alpha value is -1.39. The average molecular weight is 292 g/mol. The summed E-state index contributed by atoms with van der Waals surface area (Å²) >= 11 is 0. The number of benzene rings is 1. The normalized spacial score (nSPS) is 13.8. The minimum Gasteiger partial charge on any atom is -0.381 e. The summed E-state index contributed by atoms with van der Waals surface area (Å²) in [5.74, 6) is -0.297. The standard InChI is InChI=1S/C17H28N2O2/c1-17(19-2,16(18)20)12-6-7-13-21-14-8-11-15-9-4-3-5-10-15/h3-5,9-10,19H,6-8,11-14H2,1-2H3,(H2,18,20). The van der Waals surface area contributed by atoms with Crippen molar-refractivity contribution in [2.75, 3.05) is 20.3 Å². The molecule has 0 heterocycles. The summed E-state index contributed by atoms with van der Waals surface area (Å²) < 4.78 is 5.63. The fraction of sp³-hybridized carbons (Fsp3) is 0.588. The molecule has 0 aromatic heterocycles. The number of nitrogens with one attached hydrogen (secondary N) is 1. The van der Waals surface area contributed by atoms with Crippen LogP contribution in [0.25, 0.3) is 0 Å². The van der Waals surface area contributed by atoms with E-state index in [4.69, 9.17) is 10.5 Å². The van der Waals surface area contributed by atoms with Crippen LogP contribution < -0.4 is 11.1 Å². The summed E-state index contributed by atoms with van der Waals surface area (Å²) in [6, 6.07) is 10.4. The first-order valence-electron chi connectivity index (χ1n) is 7.69. The van der Waals surface area contributed by atoms with Crippen LogP contribution in [0.15, 0.2) is 30.3 Å². The third-order valence-electron chi connectivity index (χ3n) is 3.91. The van der Waals surface area contributed by atoms with Crippen molar-refractivity contribution in [1.29, 1.82) is 0 Å². The fourth-order valence-corrected chi connectivity index (χ4v) is 2.18. The third kappa shape index (κ3) is 6.74. The van der Waals surface area contributed by atoms with Crippen molar-refractivity contribution in [2.45, 2.75) is 44.6 Å². The summed E-state index contributed by atoms with van der Waals surface area (Å²) in [5.41, 5.74) is 6.13. The van der Waals surface area contributed by atoms with Crippen molar-refractivity contribution in [1.82, 2.24) is 5.32 Å². The number of nitrogens with two attached hydrogens (primary N) is 1. The van der Waals surface area contributed by atoms with Gasteiger partial charge < -0.3 is 15.8 Å². The Balaban J connectivity index is 2.01. The second-order valence-electron chi connectivity index (χ2n) is 5.60. The Morgan fingerprint density at radius 2 is 1.86 bits per heavy atom. The van der Waals surface area contributed by atoms with Crippen molar-refractivity contribution in [2.24, 2.45) is 5.73 Å². The Labute approximate surface area is 128 Å². The van der Waals surface area contributed by atoms with Crippen LogP contribution in [0.5, 0.6) is 0 Å². The summed E-state index contributed by atoms with van der Waals surface area (Å²) in [5, 5.41) is 2.99. The molecule has 1 aromatic rings. The third-order valence-corrected chi connectivity index (χ3v) is 3.91. The Kier molecular flexibility index (Phi) is 8.01. The number of hydrogen-bond acceptors (Lipinski definition) is 3. The van der Waals surface area contributed by atoms with Crippen molar-refractivity contribution < 1.29 is 9.53 Å². The highest BCUT2D eigenvalue weighted by Crippen LogP contribution is 2.12. The Morgan fingerprint density at radius 1 is 1.19 bits per heavy atom. The van der Waals surface area contributed by atoms with E-state index in [9.17, 15) is 4.79 Å². The highest BCUT2D eigenvalue weighted by atomic mass is 16.5. The lowest BCUT2D eigenvalue weighted by Crippen LogP contribution is -2.51. The van der Waals surface area contributed by atoms with Gasteiger partial charge in [0.15, 0.2) is 0 Å². The van der Waals surface area contributed by atoms with Crippen LogP contribution in [0.4, 0.5) is 0 Å². The van der Waals surface area contributed by atoms with Gasteiger partial charge in [0.1, 0.15) is 0 Å². The predicted octanol–water partition coefficient (Wildman–Crippen LogP) is 2.27. The molecule has 1 aromatic carbocycles. The zero-order valence-electron chi connectivity index (χ0n) is 13.2. The monoisotopic (exact) mass is 292 g/mol. The van der Waals surface area contributed by atoms with Crippen molar-refractivity contribution in [3.8, 4) is 0 Å². The van der Waals surface area contributed by atoms with Crippen LogP contribution in [-0.4, -0.2) is 31.7 Å². The van der Waals surface area contributed by atoms with Gasteiger partial charge in [0, 0.05) is 13.2 Å². The van der Waals surface area contributed by atoms with E-state index in [0.29, 0.717) is 0 Å². The van der Waals surface area contributed by atoms with Gasteiger partial charge in [-0.3, -0.25) is 4.79 Å². The van der Waals surface area contributed by atoms with Gasteiger partial charge in [-0.15, -0.1) is 0 Å². The van der Waals surface area contributed by atoms with Crippen molar-refractivity contribution >= 4 is 5.91 Å². The molecule has 1 unspecified atom stereocenters. The minimum absolute atomic E-state index is 0.297. The highest BCUT2D eigenvalue weighted by Gasteiger charge is 2.27. The van der Waals surface area contributed by atoms with Crippen LogP contribution in [0.1, 0.15) is 38.2 Å². The van der Waals surface area contributed by atoms with E-state index < -0.39 is 5.54 Å². The maximum atomic E-state index is 11.3. The number of amides is 1. The van der Waals surface area contributed by atoms with Crippen LogP contribution >= 0.6 is 0 Å². The second kappa shape index (κ2) is 9.53. The number of rotatable bonds is 11. The molecule has 0 bridgehead atoms. The van der Waals surface area contributed by atoms with E-state index in [1.54, 1.807) is 7.05 Å². The number of aryl methyl sites for hydroxylation is 1. The van der Waals surface area contributed by atoms with Gasteiger partial charge >= 0.3 is 0 Å². The lowest BCUT2D eigenvalue weighted by Gasteiger charge is -2.25. The number of hydrogen-bond donors (Lipinski definition) is 2. The smallest absolute Gasteiger partial charge is 0.237 e. The van der Waals surface area contributed by atoms with Crippen LogP contribution in [0.3, 0.4) is 0 Å². The molecule has 4 nitrogen and oxygen atoms in total. The van der Waals surface area contributed by atoms with Gasteiger partial charge in [-0.05, 0) is 51.6 Å². The number of unbranched alkanes of at least 4 members (excludes halogenated alkanes) is 1. The van der Waals surface area contributed by atoms with Gasteiger partial charge in [0.05, 0.1) is 5.54 Å². The molecule has 0 aliphatic heterocycles. The molecular formula is C17H28N2O2. The second-order valence-corrected chi connectivity index (χ2v) is 5.60. The van der Waals surface area contributed by atoms with Crippen molar-refractivity contribution in [3.05, 3.63) is 35.9 Å². The fourth-order valence-electron chi connectivity index (χ4n) is 2.18. The molecule has 0 aliphatic rings. The Morgan fingerprint density at radius 3 is 2.48 bits per heavy atom.